The summed E-state index contributed by atoms with van der Waals surface area (Å²) in [5, 5.41) is 45.9. The zero-order valence-corrected chi connectivity index (χ0v) is 25.0. The molecule has 0 aliphatic heterocycles. The standard InChI is InChI=1S/C35H34N6O5/c42-31-15-12-26(27-13-16-33(44)38-34(27)31)32(43)21-36-20-23-10-14-28-30(19-23)40-41(39-28)17-5-4-6-22-9-11-25(24-7-2-1-3-8-24)29(18-22)37-35(45)46/h1-3,7-16,18-19,32,36-37,42-43H,4-6,17,20-21H2,(H,38,44)(H,45,46)/t32-/m1/s1. The summed E-state index contributed by atoms with van der Waals surface area (Å²) in [5.41, 5.74) is 6.59. The van der Waals surface area contributed by atoms with Crippen molar-refractivity contribution in [2.45, 2.75) is 38.5 Å². The first-order chi connectivity index (χ1) is 22.3. The number of anilines is 1. The Morgan fingerprint density at radius 1 is 0.891 bits per heavy atom. The fraction of sp³-hybridized carbons (Fsp3) is 0.200. The number of amides is 1. The van der Waals surface area contributed by atoms with Gasteiger partial charge in [-0.15, -0.1) is 0 Å². The molecule has 4 aromatic carbocycles. The number of pyridine rings is 1. The molecule has 0 aliphatic carbocycles. The van der Waals surface area contributed by atoms with Crippen molar-refractivity contribution in [3.05, 3.63) is 118 Å². The first kappa shape index (κ1) is 30.5. The van der Waals surface area contributed by atoms with Gasteiger partial charge in [-0.25, -0.2) is 4.79 Å². The fourth-order valence-electron chi connectivity index (χ4n) is 5.64. The van der Waals surface area contributed by atoms with Gasteiger partial charge in [0.05, 0.1) is 23.9 Å². The van der Waals surface area contributed by atoms with Crippen LogP contribution in [0.5, 0.6) is 5.75 Å². The molecule has 0 unspecified atom stereocenters. The van der Waals surface area contributed by atoms with Crippen LogP contribution in [0.3, 0.4) is 0 Å². The Morgan fingerprint density at radius 3 is 2.52 bits per heavy atom. The molecular formula is C35H34N6O5. The summed E-state index contributed by atoms with van der Waals surface area (Å²) in [6.07, 6.45) is 0.600. The molecule has 6 aromatic rings. The van der Waals surface area contributed by atoms with E-state index in [0.29, 0.717) is 35.2 Å². The number of rotatable bonds is 12. The van der Waals surface area contributed by atoms with Crippen LogP contribution in [0.4, 0.5) is 10.5 Å². The Labute approximate surface area is 264 Å². The van der Waals surface area contributed by atoms with Crippen LogP contribution in [-0.4, -0.2) is 47.9 Å². The summed E-state index contributed by atoms with van der Waals surface area (Å²) < 4.78 is 0. The predicted octanol–water partition coefficient (Wildman–Crippen LogP) is 5.58. The maximum absolute atomic E-state index is 11.7. The van der Waals surface area contributed by atoms with Crippen molar-refractivity contribution in [1.29, 1.82) is 0 Å². The number of aromatic amines is 1. The summed E-state index contributed by atoms with van der Waals surface area (Å²) in [6.45, 7) is 1.43. The normalized spacial score (nSPS) is 12.0. The number of aromatic hydroxyl groups is 1. The highest BCUT2D eigenvalue weighted by Gasteiger charge is 2.14. The molecule has 6 N–H and O–H groups in total. The summed E-state index contributed by atoms with van der Waals surface area (Å²) in [7, 11) is 0. The molecule has 1 amide bonds. The van der Waals surface area contributed by atoms with Crippen molar-refractivity contribution in [2.75, 3.05) is 11.9 Å². The van der Waals surface area contributed by atoms with Crippen LogP contribution < -0.4 is 16.2 Å². The number of phenols is 1. The highest BCUT2D eigenvalue weighted by molar-refractivity contribution is 5.91. The minimum atomic E-state index is -1.09. The van der Waals surface area contributed by atoms with E-state index in [4.69, 9.17) is 0 Å². The number of aliphatic hydroxyl groups is 1. The number of hydrogen-bond donors (Lipinski definition) is 6. The van der Waals surface area contributed by atoms with Gasteiger partial charge in [0.1, 0.15) is 16.8 Å². The molecule has 11 nitrogen and oxygen atoms in total. The number of nitrogens with one attached hydrogen (secondary N) is 3. The highest BCUT2D eigenvalue weighted by Crippen LogP contribution is 2.30. The van der Waals surface area contributed by atoms with E-state index in [9.17, 15) is 24.9 Å². The van der Waals surface area contributed by atoms with E-state index in [0.717, 1.165) is 52.5 Å². The van der Waals surface area contributed by atoms with Gasteiger partial charge >= 0.3 is 6.09 Å². The number of hydrogen-bond acceptors (Lipinski definition) is 7. The van der Waals surface area contributed by atoms with Crippen molar-refractivity contribution < 1.29 is 20.1 Å². The van der Waals surface area contributed by atoms with E-state index in [2.05, 4.69) is 25.8 Å². The van der Waals surface area contributed by atoms with E-state index in [1.165, 1.54) is 12.1 Å². The lowest BCUT2D eigenvalue weighted by Crippen LogP contribution is -2.21. The van der Waals surface area contributed by atoms with Gasteiger partial charge in [0, 0.05) is 30.1 Å². The lowest BCUT2D eigenvalue weighted by atomic mass is 9.99. The lowest BCUT2D eigenvalue weighted by Gasteiger charge is -2.15. The third kappa shape index (κ3) is 7.06. The number of unbranched alkanes of at least 4 members (excludes halogenated alkanes) is 1. The number of nitrogens with zero attached hydrogens (tertiary/aromatic N) is 3. The molecule has 0 spiro atoms. The third-order valence-electron chi connectivity index (χ3n) is 7.90. The molecule has 2 aromatic heterocycles. The Hall–Kier alpha value is -5.52. The number of phenolic OH excluding ortho intramolecular Hbond substituents is 1. The number of aryl methyl sites for hydroxylation is 2. The average Bonchev–Trinajstić information content (AvgIpc) is 3.46. The van der Waals surface area contributed by atoms with Gasteiger partial charge in [-0.1, -0.05) is 54.6 Å². The molecule has 11 heteroatoms. The Kier molecular flexibility index (Phi) is 9.04. The van der Waals surface area contributed by atoms with Crippen LogP contribution in [-0.2, 0) is 19.5 Å². The monoisotopic (exact) mass is 618 g/mol. The van der Waals surface area contributed by atoms with Crippen LogP contribution in [0, 0.1) is 0 Å². The molecule has 234 valence electrons. The highest BCUT2D eigenvalue weighted by atomic mass is 16.4. The van der Waals surface area contributed by atoms with E-state index < -0.39 is 12.2 Å². The van der Waals surface area contributed by atoms with Gasteiger partial charge in [0.15, 0.2) is 0 Å². The van der Waals surface area contributed by atoms with Crippen molar-refractivity contribution in [2.24, 2.45) is 0 Å². The lowest BCUT2D eigenvalue weighted by molar-refractivity contribution is 0.176. The van der Waals surface area contributed by atoms with Crippen molar-refractivity contribution in [1.82, 2.24) is 25.3 Å². The quantitative estimate of drug-likeness (QED) is 0.0967. The predicted molar refractivity (Wildman–Crippen MR) is 177 cm³/mol. The van der Waals surface area contributed by atoms with Gasteiger partial charge < -0.3 is 25.6 Å². The molecule has 0 saturated heterocycles. The van der Waals surface area contributed by atoms with Crippen molar-refractivity contribution in [3.63, 3.8) is 0 Å². The molecule has 1 atom stereocenters. The van der Waals surface area contributed by atoms with E-state index >= 15 is 0 Å². The van der Waals surface area contributed by atoms with Crippen LogP contribution >= 0.6 is 0 Å². The molecule has 2 heterocycles. The van der Waals surface area contributed by atoms with E-state index in [-0.39, 0.29) is 17.9 Å². The third-order valence-corrected chi connectivity index (χ3v) is 7.90. The second-order valence-electron chi connectivity index (χ2n) is 11.2. The van der Waals surface area contributed by atoms with Gasteiger partial charge in [-0.05, 0) is 71.8 Å². The van der Waals surface area contributed by atoms with E-state index in [1.807, 2.05) is 66.7 Å². The Morgan fingerprint density at radius 2 is 1.70 bits per heavy atom. The summed E-state index contributed by atoms with van der Waals surface area (Å²) in [4.78, 5) is 27.4. The zero-order chi connectivity index (χ0) is 32.0. The Balaban J connectivity index is 1.02. The second-order valence-corrected chi connectivity index (χ2v) is 11.2. The van der Waals surface area contributed by atoms with Gasteiger partial charge in [0.2, 0.25) is 5.56 Å². The molecule has 0 bridgehead atoms. The minimum Gasteiger partial charge on any atom is -0.506 e. The molecule has 0 fully saturated rings. The van der Waals surface area contributed by atoms with Crippen LogP contribution in [0.2, 0.25) is 0 Å². The molecule has 0 saturated carbocycles. The second kappa shape index (κ2) is 13.6. The average molecular weight is 619 g/mol. The number of fused-ring (bicyclic) bond motifs is 2. The fourth-order valence-corrected chi connectivity index (χ4v) is 5.64. The van der Waals surface area contributed by atoms with Crippen LogP contribution in [0.1, 0.15) is 35.6 Å². The zero-order valence-electron chi connectivity index (χ0n) is 25.0. The first-order valence-electron chi connectivity index (χ1n) is 15.1. The van der Waals surface area contributed by atoms with Gasteiger partial charge in [-0.2, -0.15) is 15.0 Å². The molecule has 0 aliphatic rings. The number of carbonyl (C=O) groups is 1. The van der Waals surface area contributed by atoms with Gasteiger partial charge in [-0.3, -0.25) is 10.1 Å². The summed E-state index contributed by atoms with van der Waals surface area (Å²) >= 11 is 0. The molecule has 6 rings (SSSR count). The van der Waals surface area contributed by atoms with Gasteiger partial charge in [0.25, 0.3) is 0 Å². The maximum Gasteiger partial charge on any atom is 0.409 e. The SMILES string of the molecule is O=C(O)Nc1cc(CCCCn2nc3ccc(CNC[C@@H](O)c4ccc(O)c5[nH]c(=O)ccc45)cc3n2)ccc1-c1ccccc1. The minimum absolute atomic E-state index is 0.0455. The number of aliphatic hydroxyl groups excluding tert-OH is 1. The topological polar surface area (TPSA) is 165 Å². The molecule has 0 radical (unpaired) electrons. The molecule has 46 heavy (non-hydrogen) atoms. The van der Waals surface area contributed by atoms with Crippen molar-refractivity contribution >= 4 is 33.7 Å². The first-order valence-corrected chi connectivity index (χ1v) is 15.1. The maximum atomic E-state index is 11.7. The van der Waals surface area contributed by atoms with Crippen molar-refractivity contribution in [3.8, 4) is 16.9 Å². The smallest absolute Gasteiger partial charge is 0.409 e. The number of benzene rings is 4. The van der Waals surface area contributed by atoms with Crippen LogP contribution in [0.15, 0.2) is 95.8 Å². The Bertz CT molecular complexity index is 2060. The number of aromatic nitrogens is 4. The molecular weight excluding hydrogens is 584 g/mol. The summed E-state index contributed by atoms with van der Waals surface area (Å²) in [5.74, 6) is -0.0455. The van der Waals surface area contributed by atoms with Crippen LogP contribution in [0.25, 0.3) is 33.1 Å². The number of H-pyrrole nitrogens is 1. The largest absolute Gasteiger partial charge is 0.506 e. The summed E-state index contributed by atoms with van der Waals surface area (Å²) in [6, 6.07) is 27.6. The number of carboxylic acid groups (broad SMARTS) is 1. The van der Waals surface area contributed by atoms with E-state index in [1.54, 1.807) is 16.9 Å².